The third kappa shape index (κ3) is 1.63. The zero-order chi connectivity index (χ0) is 13.7. The number of hydrogen-bond donors (Lipinski definition) is 0. The second-order valence-electron chi connectivity index (χ2n) is 7.14. The van der Waals surface area contributed by atoms with Crippen LogP contribution in [0.1, 0.15) is 53.9 Å². The molecule has 2 aliphatic rings. The molecule has 0 aromatic rings. The Balaban J connectivity index is 2.48. The van der Waals surface area contributed by atoms with E-state index in [0.717, 1.165) is 24.8 Å². The van der Waals surface area contributed by atoms with Crippen molar-refractivity contribution < 1.29 is 4.79 Å². The molecule has 0 saturated carbocycles. The number of Topliss-reactive ketones (excluding diaryl/α,β-unsaturated/α-hetero) is 1. The molecule has 0 aromatic carbocycles. The number of ketones is 1. The van der Waals surface area contributed by atoms with Crippen LogP contribution < -0.4 is 0 Å². The van der Waals surface area contributed by atoms with Crippen molar-refractivity contribution in [2.24, 2.45) is 22.7 Å². The lowest BCUT2D eigenvalue weighted by molar-refractivity contribution is -0.120. The van der Waals surface area contributed by atoms with Crippen LogP contribution in [-0.2, 0) is 4.79 Å². The van der Waals surface area contributed by atoms with Gasteiger partial charge in [0.15, 0.2) is 5.78 Å². The Morgan fingerprint density at radius 2 is 1.89 bits per heavy atom. The molecule has 1 nitrogen and oxygen atoms in total. The van der Waals surface area contributed by atoms with Gasteiger partial charge >= 0.3 is 0 Å². The van der Waals surface area contributed by atoms with Gasteiger partial charge in [0.2, 0.25) is 0 Å². The second-order valence-corrected chi connectivity index (χ2v) is 7.14. The number of hydrogen-bond acceptors (Lipinski definition) is 1. The summed E-state index contributed by atoms with van der Waals surface area (Å²) in [7, 11) is 0. The van der Waals surface area contributed by atoms with E-state index < -0.39 is 0 Å². The van der Waals surface area contributed by atoms with Crippen LogP contribution in [-0.4, -0.2) is 5.78 Å². The molecule has 0 N–H and O–H groups in total. The predicted octanol–water partition coefficient (Wildman–Crippen LogP) is 4.54. The van der Waals surface area contributed by atoms with Crippen LogP contribution in [0, 0.1) is 22.7 Å². The van der Waals surface area contributed by atoms with Crippen molar-refractivity contribution in [3.05, 3.63) is 23.8 Å². The Morgan fingerprint density at radius 3 is 2.44 bits per heavy atom. The summed E-state index contributed by atoms with van der Waals surface area (Å²) in [5.74, 6) is 1.11. The average molecular weight is 246 g/mol. The van der Waals surface area contributed by atoms with Gasteiger partial charge in [-0.3, -0.25) is 4.79 Å². The topological polar surface area (TPSA) is 17.1 Å². The maximum absolute atomic E-state index is 12.7. The van der Waals surface area contributed by atoms with Crippen molar-refractivity contribution in [3.8, 4) is 0 Å². The minimum atomic E-state index is 0.0236. The maximum atomic E-state index is 12.7. The van der Waals surface area contributed by atoms with Gasteiger partial charge in [0, 0.05) is 11.5 Å². The van der Waals surface area contributed by atoms with Crippen LogP contribution >= 0.6 is 0 Å². The predicted molar refractivity (Wildman–Crippen MR) is 76.3 cm³/mol. The van der Waals surface area contributed by atoms with E-state index in [1.54, 1.807) is 0 Å². The van der Waals surface area contributed by atoms with Crippen molar-refractivity contribution in [1.82, 2.24) is 0 Å². The molecular weight excluding hydrogens is 220 g/mol. The van der Waals surface area contributed by atoms with Gasteiger partial charge in [0.1, 0.15) is 0 Å². The fourth-order valence-corrected chi connectivity index (χ4v) is 4.08. The summed E-state index contributed by atoms with van der Waals surface area (Å²) in [4.78, 5) is 12.7. The highest BCUT2D eigenvalue weighted by Crippen LogP contribution is 2.60. The quantitative estimate of drug-likeness (QED) is 0.654. The van der Waals surface area contributed by atoms with Crippen LogP contribution in [0.5, 0.6) is 0 Å². The van der Waals surface area contributed by atoms with Gasteiger partial charge < -0.3 is 0 Å². The second kappa shape index (κ2) is 4.08. The molecule has 1 heteroatoms. The molecule has 2 rings (SSSR count). The van der Waals surface area contributed by atoms with Gasteiger partial charge in [-0.1, -0.05) is 46.3 Å². The molecule has 0 saturated heterocycles. The van der Waals surface area contributed by atoms with Gasteiger partial charge in [-0.2, -0.15) is 0 Å². The molecule has 0 heterocycles. The molecule has 0 amide bonds. The highest BCUT2D eigenvalue weighted by Gasteiger charge is 2.54. The van der Waals surface area contributed by atoms with E-state index in [4.69, 9.17) is 0 Å². The molecule has 0 bridgehead atoms. The molecule has 2 aliphatic carbocycles. The normalized spacial score (nSPS) is 33.5. The van der Waals surface area contributed by atoms with Crippen LogP contribution in [0.3, 0.4) is 0 Å². The standard InChI is InChI=1S/C17H26O/c1-7-8-12-9-10-13-14(15(12)18)17(5,6)11(2)16(13,3)4/h7,11-12H,1,8-10H2,2-6H3. The van der Waals surface area contributed by atoms with E-state index in [-0.39, 0.29) is 16.7 Å². The largest absolute Gasteiger partial charge is 0.294 e. The van der Waals surface area contributed by atoms with Gasteiger partial charge in [0.05, 0.1) is 0 Å². The van der Waals surface area contributed by atoms with Crippen LogP contribution in [0.15, 0.2) is 23.8 Å². The Morgan fingerprint density at radius 1 is 1.28 bits per heavy atom. The third-order valence-corrected chi connectivity index (χ3v) is 5.70. The summed E-state index contributed by atoms with van der Waals surface area (Å²) in [6, 6.07) is 0. The van der Waals surface area contributed by atoms with Gasteiger partial charge in [0.25, 0.3) is 0 Å². The van der Waals surface area contributed by atoms with Crippen molar-refractivity contribution in [2.75, 3.05) is 0 Å². The number of carbonyl (C=O) groups excluding carboxylic acids is 1. The number of carbonyl (C=O) groups is 1. The Hall–Kier alpha value is -0.850. The fourth-order valence-electron chi connectivity index (χ4n) is 4.08. The summed E-state index contributed by atoms with van der Waals surface area (Å²) in [6.45, 7) is 15.2. The number of rotatable bonds is 2. The molecule has 18 heavy (non-hydrogen) atoms. The lowest BCUT2D eigenvalue weighted by Gasteiger charge is -2.34. The van der Waals surface area contributed by atoms with E-state index >= 15 is 0 Å². The van der Waals surface area contributed by atoms with E-state index in [0.29, 0.717) is 11.7 Å². The fraction of sp³-hybridized carbons (Fsp3) is 0.706. The van der Waals surface area contributed by atoms with Gasteiger partial charge in [-0.25, -0.2) is 0 Å². The SMILES string of the molecule is C=CCC1CCC2=C(C1=O)C(C)(C)C(C)C2(C)C. The van der Waals surface area contributed by atoms with Crippen LogP contribution in [0.4, 0.5) is 0 Å². The van der Waals surface area contributed by atoms with Crippen molar-refractivity contribution in [2.45, 2.75) is 53.9 Å². The van der Waals surface area contributed by atoms with Crippen molar-refractivity contribution in [1.29, 1.82) is 0 Å². The third-order valence-electron chi connectivity index (χ3n) is 5.70. The number of allylic oxidation sites excluding steroid dienone is 3. The first-order chi connectivity index (χ1) is 8.24. The Kier molecular flexibility index (Phi) is 3.08. The molecule has 0 spiro atoms. The molecule has 100 valence electrons. The summed E-state index contributed by atoms with van der Waals surface area (Å²) in [6.07, 6.45) is 4.83. The highest BCUT2D eigenvalue weighted by atomic mass is 16.1. The Bertz CT molecular complexity index is 423. The monoisotopic (exact) mass is 246 g/mol. The zero-order valence-corrected chi connectivity index (χ0v) is 12.5. The van der Waals surface area contributed by atoms with Gasteiger partial charge in [-0.15, -0.1) is 6.58 Å². The highest BCUT2D eigenvalue weighted by molar-refractivity contribution is 6.01. The van der Waals surface area contributed by atoms with Gasteiger partial charge in [-0.05, 0) is 36.0 Å². The van der Waals surface area contributed by atoms with Crippen LogP contribution in [0.25, 0.3) is 0 Å². The first-order valence-corrected chi connectivity index (χ1v) is 7.13. The van der Waals surface area contributed by atoms with E-state index in [9.17, 15) is 4.79 Å². The van der Waals surface area contributed by atoms with E-state index in [1.165, 1.54) is 5.57 Å². The zero-order valence-electron chi connectivity index (χ0n) is 12.5. The Labute approximate surface area is 111 Å². The first-order valence-electron chi connectivity index (χ1n) is 7.13. The van der Waals surface area contributed by atoms with Crippen molar-refractivity contribution in [3.63, 3.8) is 0 Å². The molecule has 0 aromatic heterocycles. The van der Waals surface area contributed by atoms with E-state index in [2.05, 4.69) is 41.2 Å². The smallest absolute Gasteiger partial charge is 0.162 e. The molecule has 0 radical (unpaired) electrons. The lowest BCUT2D eigenvalue weighted by Crippen LogP contribution is -2.30. The van der Waals surface area contributed by atoms with Crippen LogP contribution in [0.2, 0.25) is 0 Å². The molecule has 0 aliphatic heterocycles. The van der Waals surface area contributed by atoms with Crippen molar-refractivity contribution >= 4 is 5.78 Å². The molecule has 2 unspecified atom stereocenters. The maximum Gasteiger partial charge on any atom is 0.162 e. The summed E-state index contributed by atoms with van der Waals surface area (Å²) in [5, 5.41) is 0. The molecular formula is C17H26O. The average Bonchev–Trinajstić information content (AvgIpc) is 2.42. The summed E-state index contributed by atoms with van der Waals surface area (Å²) in [5.41, 5.74) is 2.78. The summed E-state index contributed by atoms with van der Waals surface area (Å²) < 4.78 is 0. The summed E-state index contributed by atoms with van der Waals surface area (Å²) >= 11 is 0. The molecule has 0 fully saturated rings. The molecule has 2 atom stereocenters. The minimum absolute atomic E-state index is 0.0236. The lowest BCUT2D eigenvalue weighted by atomic mass is 9.69. The first kappa shape index (κ1) is 13.6. The van der Waals surface area contributed by atoms with E-state index in [1.807, 2.05) is 6.08 Å². The minimum Gasteiger partial charge on any atom is -0.294 e.